The van der Waals surface area contributed by atoms with Crippen molar-refractivity contribution in [3.8, 4) is 0 Å². The van der Waals surface area contributed by atoms with Gasteiger partial charge in [-0.25, -0.2) is 4.39 Å². The SMILES string of the molecule is Cl.NCCc1ncccc1F. The van der Waals surface area contributed by atoms with Crippen molar-refractivity contribution in [2.75, 3.05) is 6.54 Å². The Bertz CT molecular complexity index is 217. The summed E-state index contributed by atoms with van der Waals surface area (Å²) in [5, 5.41) is 0. The van der Waals surface area contributed by atoms with Crippen LogP contribution >= 0.6 is 12.4 Å². The van der Waals surface area contributed by atoms with Gasteiger partial charge < -0.3 is 5.73 Å². The Balaban J connectivity index is 0.000001000. The molecular formula is C7H10ClFN2. The monoisotopic (exact) mass is 176 g/mol. The van der Waals surface area contributed by atoms with Crippen LogP contribution in [-0.4, -0.2) is 11.5 Å². The molecule has 1 heterocycles. The first-order chi connectivity index (χ1) is 4.84. The molecule has 62 valence electrons. The van der Waals surface area contributed by atoms with Crippen molar-refractivity contribution >= 4 is 12.4 Å². The fourth-order valence-electron chi connectivity index (χ4n) is 0.739. The lowest BCUT2D eigenvalue weighted by Crippen LogP contribution is -2.05. The highest BCUT2D eigenvalue weighted by Crippen LogP contribution is 2.01. The molecule has 0 fully saturated rings. The van der Waals surface area contributed by atoms with Crippen molar-refractivity contribution in [3.63, 3.8) is 0 Å². The van der Waals surface area contributed by atoms with Crippen molar-refractivity contribution < 1.29 is 4.39 Å². The topological polar surface area (TPSA) is 38.9 Å². The summed E-state index contributed by atoms with van der Waals surface area (Å²) >= 11 is 0. The second-order valence-corrected chi connectivity index (χ2v) is 1.97. The van der Waals surface area contributed by atoms with Gasteiger partial charge in [0.1, 0.15) is 5.82 Å². The van der Waals surface area contributed by atoms with Gasteiger partial charge in [-0.15, -0.1) is 12.4 Å². The second-order valence-electron chi connectivity index (χ2n) is 1.97. The highest BCUT2D eigenvalue weighted by atomic mass is 35.5. The quantitative estimate of drug-likeness (QED) is 0.734. The van der Waals surface area contributed by atoms with E-state index in [0.29, 0.717) is 18.7 Å². The van der Waals surface area contributed by atoms with Gasteiger partial charge in [-0.1, -0.05) is 0 Å². The van der Waals surface area contributed by atoms with Gasteiger partial charge in [0.2, 0.25) is 0 Å². The number of aromatic nitrogens is 1. The van der Waals surface area contributed by atoms with E-state index in [4.69, 9.17) is 5.73 Å². The fraction of sp³-hybridized carbons (Fsp3) is 0.286. The maximum atomic E-state index is 12.7. The molecule has 0 saturated heterocycles. The highest BCUT2D eigenvalue weighted by Gasteiger charge is 1.98. The van der Waals surface area contributed by atoms with E-state index in [0.717, 1.165) is 0 Å². The number of pyridine rings is 1. The lowest BCUT2D eigenvalue weighted by Gasteiger charge is -1.96. The van der Waals surface area contributed by atoms with Crippen molar-refractivity contribution in [3.05, 3.63) is 29.8 Å². The zero-order valence-corrected chi connectivity index (χ0v) is 6.77. The van der Waals surface area contributed by atoms with Crippen LogP contribution in [-0.2, 0) is 6.42 Å². The van der Waals surface area contributed by atoms with E-state index in [-0.39, 0.29) is 18.2 Å². The fourth-order valence-corrected chi connectivity index (χ4v) is 0.739. The molecule has 1 aromatic heterocycles. The first-order valence-corrected chi connectivity index (χ1v) is 3.14. The lowest BCUT2D eigenvalue weighted by molar-refractivity contribution is 0.598. The molecule has 0 aliphatic heterocycles. The molecule has 0 atom stereocenters. The average molecular weight is 177 g/mol. The Hall–Kier alpha value is -0.670. The predicted octanol–water partition coefficient (Wildman–Crippen LogP) is 1.14. The zero-order chi connectivity index (χ0) is 7.40. The van der Waals surface area contributed by atoms with Gasteiger partial charge >= 0.3 is 0 Å². The van der Waals surface area contributed by atoms with Crippen LogP contribution in [0, 0.1) is 5.82 Å². The highest BCUT2D eigenvalue weighted by molar-refractivity contribution is 5.85. The van der Waals surface area contributed by atoms with E-state index < -0.39 is 0 Å². The van der Waals surface area contributed by atoms with Gasteiger partial charge in [-0.2, -0.15) is 0 Å². The van der Waals surface area contributed by atoms with Gasteiger partial charge in [0.05, 0.1) is 5.69 Å². The third kappa shape index (κ3) is 2.82. The number of halogens is 2. The molecule has 0 radical (unpaired) electrons. The first-order valence-electron chi connectivity index (χ1n) is 3.14. The van der Waals surface area contributed by atoms with Gasteiger partial charge in [-0.05, 0) is 18.7 Å². The molecule has 0 amide bonds. The smallest absolute Gasteiger partial charge is 0.144 e. The lowest BCUT2D eigenvalue weighted by atomic mass is 10.2. The number of hydrogen-bond acceptors (Lipinski definition) is 2. The van der Waals surface area contributed by atoms with Gasteiger partial charge in [0.15, 0.2) is 0 Å². The molecule has 11 heavy (non-hydrogen) atoms. The van der Waals surface area contributed by atoms with Crippen LogP contribution in [0.25, 0.3) is 0 Å². The van der Waals surface area contributed by atoms with E-state index in [2.05, 4.69) is 4.98 Å². The first kappa shape index (κ1) is 10.3. The van der Waals surface area contributed by atoms with Crippen LogP contribution in [0.2, 0.25) is 0 Å². The van der Waals surface area contributed by atoms with Crippen molar-refractivity contribution in [2.24, 2.45) is 5.73 Å². The van der Waals surface area contributed by atoms with Crippen LogP contribution in [0.1, 0.15) is 5.69 Å². The summed E-state index contributed by atoms with van der Waals surface area (Å²) in [5.74, 6) is -0.270. The Kier molecular flexibility index (Phi) is 4.74. The van der Waals surface area contributed by atoms with Crippen molar-refractivity contribution in [1.82, 2.24) is 4.98 Å². The van der Waals surface area contributed by atoms with E-state index in [9.17, 15) is 4.39 Å². The summed E-state index contributed by atoms with van der Waals surface area (Å²) < 4.78 is 12.7. The van der Waals surface area contributed by atoms with E-state index in [1.165, 1.54) is 6.07 Å². The Morgan fingerprint density at radius 1 is 1.55 bits per heavy atom. The summed E-state index contributed by atoms with van der Waals surface area (Å²) in [4.78, 5) is 3.81. The second kappa shape index (κ2) is 5.04. The van der Waals surface area contributed by atoms with E-state index in [1.54, 1.807) is 12.3 Å². The number of rotatable bonds is 2. The molecule has 1 rings (SSSR count). The predicted molar refractivity (Wildman–Crippen MR) is 44.2 cm³/mol. The number of nitrogens with zero attached hydrogens (tertiary/aromatic N) is 1. The molecule has 4 heteroatoms. The minimum absolute atomic E-state index is 0. The molecule has 2 nitrogen and oxygen atoms in total. The molecular weight excluding hydrogens is 167 g/mol. The molecule has 0 aliphatic carbocycles. The van der Waals surface area contributed by atoms with Gasteiger partial charge in [-0.3, -0.25) is 4.98 Å². The third-order valence-corrected chi connectivity index (χ3v) is 1.22. The molecule has 1 aromatic rings. The molecule has 0 bridgehead atoms. The summed E-state index contributed by atoms with van der Waals surface area (Å²) in [6.07, 6.45) is 2.07. The summed E-state index contributed by atoms with van der Waals surface area (Å²) in [5.41, 5.74) is 5.67. The molecule has 0 aliphatic rings. The molecule has 0 unspecified atom stereocenters. The Labute approximate surface area is 71.0 Å². The Morgan fingerprint density at radius 2 is 2.27 bits per heavy atom. The minimum Gasteiger partial charge on any atom is -0.330 e. The van der Waals surface area contributed by atoms with Gasteiger partial charge in [0, 0.05) is 12.6 Å². The minimum atomic E-state index is -0.270. The van der Waals surface area contributed by atoms with Crippen molar-refractivity contribution in [2.45, 2.75) is 6.42 Å². The number of hydrogen-bond donors (Lipinski definition) is 1. The maximum Gasteiger partial charge on any atom is 0.144 e. The normalized spacial score (nSPS) is 8.91. The summed E-state index contributed by atoms with van der Waals surface area (Å²) in [6.45, 7) is 0.438. The number of nitrogens with two attached hydrogens (primary N) is 1. The molecule has 0 saturated carbocycles. The van der Waals surface area contributed by atoms with Gasteiger partial charge in [0.25, 0.3) is 0 Å². The molecule has 0 spiro atoms. The summed E-state index contributed by atoms with van der Waals surface area (Å²) in [6, 6.07) is 2.95. The molecule has 0 aromatic carbocycles. The van der Waals surface area contributed by atoms with E-state index >= 15 is 0 Å². The molecule has 2 N–H and O–H groups in total. The Morgan fingerprint density at radius 3 is 2.82 bits per heavy atom. The van der Waals surface area contributed by atoms with Crippen LogP contribution in [0.3, 0.4) is 0 Å². The largest absolute Gasteiger partial charge is 0.330 e. The van der Waals surface area contributed by atoms with Crippen LogP contribution < -0.4 is 5.73 Å². The standard InChI is InChI=1S/C7H9FN2.ClH/c8-6-2-1-5-10-7(6)3-4-9;/h1-2,5H,3-4,9H2;1H. The maximum absolute atomic E-state index is 12.7. The van der Waals surface area contributed by atoms with E-state index in [1.807, 2.05) is 0 Å². The van der Waals surface area contributed by atoms with Crippen LogP contribution in [0.15, 0.2) is 18.3 Å². The zero-order valence-electron chi connectivity index (χ0n) is 5.96. The van der Waals surface area contributed by atoms with Crippen LogP contribution in [0.5, 0.6) is 0 Å². The summed E-state index contributed by atoms with van der Waals surface area (Å²) in [7, 11) is 0. The third-order valence-electron chi connectivity index (χ3n) is 1.22. The van der Waals surface area contributed by atoms with Crippen molar-refractivity contribution in [1.29, 1.82) is 0 Å². The van der Waals surface area contributed by atoms with Crippen LogP contribution in [0.4, 0.5) is 4.39 Å². The average Bonchev–Trinajstić information content (AvgIpc) is 1.94.